The van der Waals surface area contributed by atoms with E-state index in [1.54, 1.807) is 0 Å². The Morgan fingerprint density at radius 1 is 0.806 bits per heavy atom. The third-order valence-electron chi connectivity index (χ3n) is 7.46. The predicted octanol–water partition coefficient (Wildman–Crippen LogP) is 10.5. The van der Waals surface area contributed by atoms with Gasteiger partial charge in [0.1, 0.15) is 0 Å². The molecule has 1 unspecified atom stereocenters. The number of hydrogen-bond donors (Lipinski definition) is 0. The second-order valence-corrected chi connectivity index (χ2v) is 9.53. The Morgan fingerprint density at radius 2 is 1.53 bits per heavy atom. The lowest BCUT2D eigenvalue weighted by atomic mass is 9.65. The van der Waals surface area contributed by atoms with Gasteiger partial charge in [0.15, 0.2) is 0 Å². The van der Waals surface area contributed by atoms with Gasteiger partial charge in [0.05, 0.1) is 5.41 Å². The summed E-state index contributed by atoms with van der Waals surface area (Å²) in [6.07, 6.45) is 17.4. The van der Waals surface area contributed by atoms with Gasteiger partial charge in [-0.3, -0.25) is 0 Å². The second kappa shape index (κ2) is 11.1. The molecular weight excluding hydrogens is 432 g/mol. The van der Waals surface area contributed by atoms with Crippen molar-refractivity contribution >= 4 is 0 Å². The first kappa shape index (κ1) is 25.7. The molecule has 5 rings (SSSR count). The number of allylic oxidation sites excluding steroid dienone is 8. The Balaban J connectivity index is 0.00000148. The molecule has 2 aliphatic rings. The van der Waals surface area contributed by atoms with Gasteiger partial charge in [-0.05, 0) is 102 Å². The quantitative estimate of drug-likeness (QED) is 0.324. The van der Waals surface area contributed by atoms with Gasteiger partial charge < -0.3 is 0 Å². The fourth-order valence-corrected chi connectivity index (χ4v) is 6.02. The minimum atomic E-state index is -0.277. The lowest BCUT2D eigenvalue weighted by Gasteiger charge is -2.37. The zero-order valence-corrected chi connectivity index (χ0v) is 22.9. The molecule has 0 aromatic heterocycles. The molecule has 0 spiro atoms. The molecule has 3 aromatic rings. The molecular formula is C36H40. The van der Waals surface area contributed by atoms with E-state index in [0.29, 0.717) is 0 Å². The van der Waals surface area contributed by atoms with E-state index in [4.69, 9.17) is 0 Å². The van der Waals surface area contributed by atoms with Crippen LogP contribution in [0.3, 0.4) is 0 Å². The first-order chi connectivity index (χ1) is 17.6. The van der Waals surface area contributed by atoms with Crippen molar-refractivity contribution in [3.63, 3.8) is 0 Å². The summed E-state index contributed by atoms with van der Waals surface area (Å²) in [5, 5.41) is 0. The van der Waals surface area contributed by atoms with Gasteiger partial charge >= 0.3 is 0 Å². The third kappa shape index (κ3) is 4.13. The molecule has 0 amide bonds. The van der Waals surface area contributed by atoms with Crippen LogP contribution in [-0.4, -0.2) is 0 Å². The molecule has 0 heteroatoms. The summed E-state index contributed by atoms with van der Waals surface area (Å²) in [5.41, 5.74) is 13.4. The average molecular weight is 473 g/mol. The highest BCUT2D eigenvalue weighted by Crippen LogP contribution is 2.58. The van der Waals surface area contributed by atoms with Crippen molar-refractivity contribution in [3.8, 4) is 22.3 Å². The van der Waals surface area contributed by atoms with E-state index >= 15 is 0 Å². The highest BCUT2D eigenvalue weighted by atomic mass is 14.5. The van der Waals surface area contributed by atoms with E-state index in [-0.39, 0.29) is 5.41 Å². The molecule has 0 heterocycles. The summed E-state index contributed by atoms with van der Waals surface area (Å²) in [7, 11) is 0. The van der Waals surface area contributed by atoms with Crippen LogP contribution in [-0.2, 0) is 5.41 Å². The second-order valence-electron chi connectivity index (χ2n) is 9.53. The van der Waals surface area contributed by atoms with Crippen LogP contribution < -0.4 is 0 Å². The maximum Gasteiger partial charge on any atom is 0.0707 e. The number of hydrogen-bond acceptors (Lipinski definition) is 0. The molecule has 36 heavy (non-hydrogen) atoms. The van der Waals surface area contributed by atoms with Crippen molar-refractivity contribution in [2.45, 2.75) is 66.2 Å². The first-order valence-electron chi connectivity index (χ1n) is 13.6. The average Bonchev–Trinajstić information content (AvgIpc) is 3.20. The van der Waals surface area contributed by atoms with Crippen LogP contribution in [0.1, 0.15) is 69.2 Å². The van der Waals surface area contributed by atoms with E-state index < -0.39 is 0 Å². The van der Waals surface area contributed by atoms with E-state index in [9.17, 15) is 0 Å². The minimum Gasteiger partial charge on any atom is -0.0873 e. The zero-order chi connectivity index (χ0) is 25.7. The summed E-state index contributed by atoms with van der Waals surface area (Å²) in [6, 6.07) is 22.8. The number of aryl methyl sites for hydroxylation is 2. The molecule has 2 aliphatic carbocycles. The van der Waals surface area contributed by atoms with Gasteiger partial charge in [-0.25, -0.2) is 0 Å². The molecule has 184 valence electrons. The lowest BCUT2D eigenvalue weighted by Crippen LogP contribution is -2.30. The van der Waals surface area contributed by atoms with Gasteiger partial charge in [-0.2, -0.15) is 0 Å². The lowest BCUT2D eigenvalue weighted by molar-refractivity contribution is 0.744. The maximum absolute atomic E-state index is 2.48. The molecule has 0 bridgehead atoms. The topological polar surface area (TPSA) is 0 Å². The van der Waals surface area contributed by atoms with Crippen molar-refractivity contribution in [2.75, 3.05) is 0 Å². The van der Waals surface area contributed by atoms with Gasteiger partial charge in [-0.1, -0.05) is 112 Å². The molecule has 0 N–H and O–H groups in total. The Hall–Kier alpha value is -3.38. The van der Waals surface area contributed by atoms with E-state index in [1.165, 1.54) is 55.7 Å². The highest BCUT2D eigenvalue weighted by Gasteiger charge is 2.47. The van der Waals surface area contributed by atoms with Gasteiger partial charge in [0.25, 0.3) is 0 Å². The van der Waals surface area contributed by atoms with Crippen LogP contribution in [0.5, 0.6) is 0 Å². The Bertz CT molecular complexity index is 1360. The van der Waals surface area contributed by atoms with Crippen molar-refractivity contribution in [2.24, 2.45) is 0 Å². The van der Waals surface area contributed by atoms with Crippen LogP contribution in [0.4, 0.5) is 0 Å². The normalized spacial score (nSPS) is 18.4. The highest BCUT2D eigenvalue weighted by molar-refractivity contribution is 5.90. The van der Waals surface area contributed by atoms with Gasteiger partial charge in [0.2, 0.25) is 0 Å². The van der Waals surface area contributed by atoms with Crippen LogP contribution >= 0.6 is 0 Å². The number of rotatable bonds is 5. The molecule has 0 saturated heterocycles. The standard InChI is InChI=1S/C34H34.C2H6/c1-5-14-26(15-6-2)34(27-17-8-7-9-18-27)32-21-13-12-20-29(32)31-23-30(25(4)22-33(31)34)28-19-11-10-16-24(28)3;1-2/h5,8,10-23H,6-7,9H2,1-4H3;1-2H3/b14-5-,26-15+;. The van der Waals surface area contributed by atoms with Crippen molar-refractivity contribution in [3.05, 3.63) is 131 Å². The Morgan fingerprint density at radius 3 is 2.19 bits per heavy atom. The zero-order valence-electron chi connectivity index (χ0n) is 22.9. The van der Waals surface area contributed by atoms with Crippen molar-refractivity contribution < 1.29 is 0 Å². The molecule has 3 aromatic carbocycles. The number of fused-ring (bicyclic) bond motifs is 3. The summed E-state index contributed by atoms with van der Waals surface area (Å²) < 4.78 is 0. The summed E-state index contributed by atoms with van der Waals surface area (Å²) in [6.45, 7) is 12.9. The molecule has 0 fully saturated rings. The Labute approximate surface area is 218 Å². The van der Waals surface area contributed by atoms with Crippen LogP contribution in [0.25, 0.3) is 22.3 Å². The monoisotopic (exact) mass is 472 g/mol. The largest absolute Gasteiger partial charge is 0.0873 e. The molecule has 0 nitrogen and oxygen atoms in total. The number of benzene rings is 3. The molecule has 1 atom stereocenters. The van der Waals surface area contributed by atoms with Gasteiger partial charge in [0, 0.05) is 0 Å². The van der Waals surface area contributed by atoms with Crippen molar-refractivity contribution in [1.82, 2.24) is 0 Å². The molecule has 0 radical (unpaired) electrons. The minimum absolute atomic E-state index is 0.277. The van der Waals surface area contributed by atoms with Crippen LogP contribution in [0, 0.1) is 13.8 Å². The molecule has 0 aliphatic heterocycles. The fourth-order valence-electron chi connectivity index (χ4n) is 6.02. The molecule has 0 saturated carbocycles. The SMILES string of the molecule is C/C=C\C(=C/CC)C1(C2=CCCC=C2)c2ccccc2-c2cc(-c3ccccc3C)c(C)cc21.CC. The first-order valence-corrected chi connectivity index (χ1v) is 13.6. The maximum atomic E-state index is 2.48. The Kier molecular flexibility index (Phi) is 7.94. The summed E-state index contributed by atoms with van der Waals surface area (Å²) in [5.74, 6) is 0. The smallest absolute Gasteiger partial charge is 0.0707 e. The fraction of sp³-hybridized carbons (Fsp3) is 0.278. The van der Waals surface area contributed by atoms with E-state index in [0.717, 1.165) is 19.3 Å². The predicted molar refractivity (Wildman–Crippen MR) is 159 cm³/mol. The van der Waals surface area contributed by atoms with Crippen LogP contribution in [0.15, 0.2) is 108 Å². The summed E-state index contributed by atoms with van der Waals surface area (Å²) >= 11 is 0. The van der Waals surface area contributed by atoms with E-state index in [2.05, 4.69) is 125 Å². The van der Waals surface area contributed by atoms with E-state index in [1.807, 2.05) is 13.8 Å². The van der Waals surface area contributed by atoms with Crippen LogP contribution in [0.2, 0.25) is 0 Å². The third-order valence-corrected chi connectivity index (χ3v) is 7.46. The van der Waals surface area contributed by atoms with Gasteiger partial charge in [-0.15, -0.1) is 0 Å². The van der Waals surface area contributed by atoms with Crippen molar-refractivity contribution in [1.29, 1.82) is 0 Å². The summed E-state index contributed by atoms with van der Waals surface area (Å²) in [4.78, 5) is 0.